The Morgan fingerprint density at radius 1 is 1.12 bits per heavy atom. The van der Waals surface area contributed by atoms with Crippen LogP contribution in [0.3, 0.4) is 0 Å². The fourth-order valence-corrected chi connectivity index (χ4v) is 2.17. The number of amides is 2. The lowest BCUT2D eigenvalue weighted by Crippen LogP contribution is -2.32. The molecule has 2 rings (SSSR count). The fourth-order valence-electron chi connectivity index (χ4n) is 2.17. The van der Waals surface area contributed by atoms with Gasteiger partial charge in [0.05, 0.1) is 12.7 Å². The van der Waals surface area contributed by atoms with Gasteiger partial charge in [0.2, 0.25) is 5.91 Å². The van der Waals surface area contributed by atoms with Gasteiger partial charge in [-0.2, -0.15) is 0 Å². The normalized spacial score (nSPS) is 10.2. The third-order valence-electron chi connectivity index (χ3n) is 3.63. The van der Waals surface area contributed by atoms with Gasteiger partial charge in [0.15, 0.2) is 0 Å². The summed E-state index contributed by atoms with van der Waals surface area (Å²) in [6, 6.07) is 9.65. The van der Waals surface area contributed by atoms with Gasteiger partial charge in [-0.15, -0.1) is 0 Å². The minimum absolute atomic E-state index is 0.0367. The highest BCUT2D eigenvalue weighted by Crippen LogP contribution is 2.18. The molecule has 0 aromatic heterocycles. The van der Waals surface area contributed by atoms with E-state index in [-0.39, 0.29) is 24.4 Å². The number of hydrogen-bond acceptors (Lipinski definition) is 3. The first kappa shape index (κ1) is 18.4. The molecule has 7 heteroatoms. The minimum atomic E-state index is -0.945. The molecule has 0 saturated heterocycles. The number of methoxy groups -OCH3 is 1. The summed E-state index contributed by atoms with van der Waals surface area (Å²) in [5.74, 6) is -1.94. The Kier molecular flexibility index (Phi) is 6.05. The minimum Gasteiger partial charge on any atom is -0.497 e. The van der Waals surface area contributed by atoms with Crippen molar-refractivity contribution in [3.05, 3.63) is 59.7 Å². The number of anilines is 1. The summed E-state index contributed by atoms with van der Waals surface area (Å²) in [5.41, 5.74) is 0.416. The van der Waals surface area contributed by atoms with Gasteiger partial charge in [-0.25, -0.2) is 8.78 Å². The highest BCUT2D eigenvalue weighted by Gasteiger charge is 2.14. The fraction of sp³-hybridized carbons (Fsp3) is 0.222. The van der Waals surface area contributed by atoms with Crippen LogP contribution in [-0.4, -0.2) is 32.5 Å². The highest BCUT2D eigenvalue weighted by atomic mass is 19.1. The van der Waals surface area contributed by atoms with Crippen molar-refractivity contribution in [1.29, 1.82) is 0 Å². The van der Waals surface area contributed by atoms with Crippen molar-refractivity contribution in [2.24, 2.45) is 0 Å². The second kappa shape index (κ2) is 8.23. The largest absolute Gasteiger partial charge is 0.497 e. The van der Waals surface area contributed by atoms with E-state index in [0.717, 1.165) is 12.1 Å². The second-order valence-electron chi connectivity index (χ2n) is 5.28. The van der Waals surface area contributed by atoms with Crippen molar-refractivity contribution in [3.8, 4) is 5.75 Å². The molecule has 2 amide bonds. The van der Waals surface area contributed by atoms with Crippen molar-refractivity contribution in [1.82, 2.24) is 5.32 Å². The Morgan fingerprint density at radius 3 is 2.40 bits per heavy atom. The molecule has 25 heavy (non-hydrogen) atoms. The molecule has 0 radical (unpaired) electrons. The zero-order valence-corrected chi connectivity index (χ0v) is 13.9. The van der Waals surface area contributed by atoms with Gasteiger partial charge in [0.25, 0.3) is 5.91 Å². The van der Waals surface area contributed by atoms with E-state index in [1.807, 2.05) is 0 Å². The van der Waals surface area contributed by atoms with Gasteiger partial charge in [-0.1, -0.05) is 0 Å². The molecule has 1 N–H and O–H groups in total. The first-order valence-corrected chi connectivity index (χ1v) is 7.56. The maximum absolute atomic E-state index is 13.5. The van der Waals surface area contributed by atoms with E-state index in [1.165, 1.54) is 4.90 Å². The van der Waals surface area contributed by atoms with Crippen LogP contribution in [0, 0.1) is 11.6 Å². The van der Waals surface area contributed by atoms with Crippen molar-refractivity contribution < 1.29 is 23.1 Å². The Hall–Kier alpha value is -2.96. The van der Waals surface area contributed by atoms with Crippen molar-refractivity contribution in [3.63, 3.8) is 0 Å². The van der Waals surface area contributed by atoms with Crippen LogP contribution in [0.25, 0.3) is 0 Å². The Balaban J connectivity index is 1.87. The smallest absolute Gasteiger partial charge is 0.254 e. The Bertz CT molecular complexity index is 763. The molecule has 0 unspecified atom stereocenters. The summed E-state index contributed by atoms with van der Waals surface area (Å²) in [6.07, 6.45) is 0.0388. The van der Waals surface area contributed by atoms with E-state index in [4.69, 9.17) is 4.74 Å². The van der Waals surface area contributed by atoms with Crippen LogP contribution in [0.2, 0.25) is 0 Å². The predicted octanol–water partition coefficient (Wildman–Crippen LogP) is 2.76. The molecule has 0 atom stereocenters. The monoisotopic (exact) mass is 348 g/mol. The molecular weight excluding hydrogens is 330 g/mol. The van der Waals surface area contributed by atoms with E-state index in [9.17, 15) is 18.4 Å². The molecule has 0 saturated carbocycles. The quantitative estimate of drug-likeness (QED) is 0.873. The number of nitrogens with zero attached hydrogens (tertiary/aromatic N) is 1. The zero-order valence-electron chi connectivity index (χ0n) is 13.9. The topological polar surface area (TPSA) is 58.6 Å². The summed E-state index contributed by atoms with van der Waals surface area (Å²) in [6.45, 7) is 0.0367. The van der Waals surface area contributed by atoms with E-state index in [1.54, 1.807) is 38.4 Å². The summed E-state index contributed by atoms with van der Waals surface area (Å²) in [5, 5.41) is 2.45. The van der Waals surface area contributed by atoms with Crippen LogP contribution in [-0.2, 0) is 4.79 Å². The zero-order chi connectivity index (χ0) is 18.4. The standard InChI is InChI=1S/C18H18F2N2O3/c1-22(13-4-6-14(25-2)7-5-13)17(23)9-10-21-18(24)15-8-3-12(19)11-16(15)20/h3-8,11H,9-10H2,1-2H3,(H,21,24). The first-order valence-electron chi connectivity index (χ1n) is 7.56. The van der Waals surface area contributed by atoms with Gasteiger partial charge in [-0.05, 0) is 36.4 Å². The van der Waals surface area contributed by atoms with Crippen molar-refractivity contribution in [2.75, 3.05) is 25.6 Å². The number of rotatable bonds is 6. The summed E-state index contributed by atoms with van der Waals surface area (Å²) < 4.78 is 31.4. The molecule has 0 aliphatic rings. The van der Waals surface area contributed by atoms with E-state index < -0.39 is 17.5 Å². The summed E-state index contributed by atoms with van der Waals surface area (Å²) in [4.78, 5) is 25.5. The lowest BCUT2D eigenvalue weighted by molar-refractivity contribution is -0.118. The van der Waals surface area contributed by atoms with Gasteiger partial charge >= 0.3 is 0 Å². The van der Waals surface area contributed by atoms with E-state index >= 15 is 0 Å². The molecule has 0 aliphatic carbocycles. The number of hydrogen-bond donors (Lipinski definition) is 1. The van der Waals surface area contributed by atoms with Crippen LogP contribution < -0.4 is 15.0 Å². The third kappa shape index (κ3) is 4.76. The van der Waals surface area contributed by atoms with Crippen LogP contribution in [0.1, 0.15) is 16.8 Å². The van der Waals surface area contributed by atoms with Crippen LogP contribution in [0.5, 0.6) is 5.75 Å². The lowest BCUT2D eigenvalue weighted by Gasteiger charge is -2.18. The third-order valence-corrected chi connectivity index (χ3v) is 3.63. The van der Waals surface area contributed by atoms with E-state index in [2.05, 4.69) is 5.32 Å². The second-order valence-corrected chi connectivity index (χ2v) is 5.28. The SMILES string of the molecule is COc1ccc(N(C)C(=O)CCNC(=O)c2ccc(F)cc2F)cc1. The number of halogens is 2. The molecule has 0 fully saturated rings. The molecule has 132 valence electrons. The van der Waals surface area contributed by atoms with Gasteiger partial charge < -0.3 is 15.0 Å². The molecule has 0 bridgehead atoms. The number of carbonyl (C=O) groups excluding carboxylic acids is 2. The maximum atomic E-state index is 13.5. The molecule has 0 heterocycles. The molecule has 0 spiro atoms. The average Bonchev–Trinajstić information content (AvgIpc) is 2.60. The molecule has 2 aromatic rings. The number of carbonyl (C=O) groups is 2. The lowest BCUT2D eigenvalue weighted by atomic mass is 10.2. The average molecular weight is 348 g/mol. The maximum Gasteiger partial charge on any atom is 0.254 e. The first-order chi connectivity index (χ1) is 11.9. The van der Waals surface area contributed by atoms with Gasteiger partial charge in [0.1, 0.15) is 17.4 Å². The summed E-state index contributed by atoms with van der Waals surface area (Å²) >= 11 is 0. The summed E-state index contributed by atoms with van der Waals surface area (Å²) in [7, 11) is 3.17. The Morgan fingerprint density at radius 2 is 1.80 bits per heavy atom. The van der Waals surface area contributed by atoms with Crippen molar-refractivity contribution in [2.45, 2.75) is 6.42 Å². The molecular formula is C18H18F2N2O3. The van der Waals surface area contributed by atoms with Crippen LogP contribution >= 0.6 is 0 Å². The molecule has 5 nitrogen and oxygen atoms in total. The molecule has 2 aromatic carbocycles. The molecule has 0 aliphatic heterocycles. The van der Waals surface area contributed by atoms with Crippen molar-refractivity contribution >= 4 is 17.5 Å². The van der Waals surface area contributed by atoms with E-state index in [0.29, 0.717) is 17.5 Å². The highest BCUT2D eigenvalue weighted by molar-refractivity contribution is 5.96. The number of ether oxygens (including phenoxy) is 1. The van der Waals surface area contributed by atoms with Crippen LogP contribution in [0.4, 0.5) is 14.5 Å². The van der Waals surface area contributed by atoms with Crippen LogP contribution in [0.15, 0.2) is 42.5 Å². The number of nitrogens with one attached hydrogen (secondary N) is 1. The van der Waals surface area contributed by atoms with Gasteiger partial charge in [-0.3, -0.25) is 9.59 Å². The van der Waals surface area contributed by atoms with Gasteiger partial charge in [0, 0.05) is 31.8 Å². The predicted molar refractivity (Wildman–Crippen MR) is 89.7 cm³/mol. The Labute approximate surface area is 144 Å². The number of benzene rings is 2.